The Morgan fingerprint density at radius 3 is 2.16 bits per heavy atom. The van der Waals surface area contributed by atoms with Gasteiger partial charge in [-0.1, -0.05) is 44.0 Å². The summed E-state index contributed by atoms with van der Waals surface area (Å²) in [6, 6.07) is 9.55. The highest BCUT2D eigenvalue weighted by molar-refractivity contribution is 5.79. The summed E-state index contributed by atoms with van der Waals surface area (Å²) in [7, 11) is 1.75. The minimum absolute atomic E-state index is 0.110. The van der Waals surface area contributed by atoms with Crippen LogP contribution in [0.3, 0.4) is 0 Å². The van der Waals surface area contributed by atoms with Crippen LogP contribution in [0.2, 0.25) is 0 Å². The average molecular weight is 440 g/mol. The van der Waals surface area contributed by atoms with E-state index in [1.165, 1.54) is 10.6 Å². The van der Waals surface area contributed by atoms with E-state index in [1.54, 1.807) is 19.2 Å². The van der Waals surface area contributed by atoms with Crippen molar-refractivity contribution in [1.29, 1.82) is 0 Å². The number of rotatable bonds is 4. The lowest BCUT2D eigenvalue weighted by Crippen LogP contribution is -2.26. The Morgan fingerprint density at radius 1 is 0.906 bits per heavy atom. The summed E-state index contributed by atoms with van der Waals surface area (Å²) in [5.74, 6) is 5.93. The number of anilines is 1. The van der Waals surface area contributed by atoms with Gasteiger partial charge in [-0.15, -0.1) is 0 Å². The second-order valence-corrected chi connectivity index (χ2v) is 10.8. The van der Waals surface area contributed by atoms with E-state index < -0.39 is 11.6 Å². The molecule has 2 N–H and O–H groups in total. The molecule has 4 heteroatoms. The van der Waals surface area contributed by atoms with Crippen molar-refractivity contribution in [3.63, 3.8) is 0 Å². The van der Waals surface area contributed by atoms with Gasteiger partial charge in [-0.25, -0.2) is 14.6 Å². The highest BCUT2D eigenvalue weighted by Crippen LogP contribution is 2.44. The highest BCUT2D eigenvalue weighted by Gasteiger charge is 2.33. The third kappa shape index (κ3) is 4.66. The summed E-state index contributed by atoms with van der Waals surface area (Å²) in [5.41, 5.74) is 3.53. The summed E-state index contributed by atoms with van der Waals surface area (Å²) in [5, 5.41) is 1.51. The Hall–Kier alpha value is -2.07. The lowest BCUT2D eigenvalue weighted by molar-refractivity contribution is 0.258. The molecule has 0 atom stereocenters. The van der Waals surface area contributed by atoms with Crippen LogP contribution in [0.4, 0.5) is 14.5 Å². The van der Waals surface area contributed by atoms with E-state index in [0.717, 1.165) is 57.1 Å². The molecule has 2 aliphatic carbocycles. The maximum Gasteiger partial charge on any atom is 0.167 e. The van der Waals surface area contributed by atoms with Gasteiger partial charge in [0, 0.05) is 18.2 Å². The first-order valence-corrected chi connectivity index (χ1v) is 12.1. The van der Waals surface area contributed by atoms with Crippen molar-refractivity contribution in [2.75, 3.05) is 12.1 Å². The van der Waals surface area contributed by atoms with E-state index in [-0.39, 0.29) is 16.9 Å². The molecule has 32 heavy (non-hydrogen) atoms. The zero-order chi connectivity index (χ0) is 23.0. The minimum Gasteiger partial charge on any atom is -0.313 e. The van der Waals surface area contributed by atoms with Crippen molar-refractivity contribution in [3.05, 3.63) is 60.0 Å². The fourth-order valence-electron chi connectivity index (χ4n) is 5.63. The van der Waals surface area contributed by atoms with Crippen molar-refractivity contribution in [2.45, 2.75) is 77.0 Å². The molecule has 2 saturated carbocycles. The fourth-order valence-corrected chi connectivity index (χ4v) is 5.63. The molecule has 0 amide bonds. The van der Waals surface area contributed by atoms with Crippen molar-refractivity contribution < 1.29 is 8.78 Å². The lowest BCUT2D eigenvalue weighted by atomic mass is 9.71. The van der Waals surface area contributed by atoms with E-state index in [1.807, 2.05) is 6.07 Å². The molecule has 0 aromatic heterocycles. The van der Waals surface area contributed by atoms with Crippen molar-refractivity contribution in [2.24, 2.45) is 17.2 Å². The number of benzene rings is 2. The fraction of sp³-hybridized carbons (Fsp3) is 0.536. The van der Waals surface area contributed by atoms with Gasteiger partial charge in [0.15, 0.2) is 11.6 Å². The zero-order valence-corrected chi connectivity index (χ0v) is 19.8. The standard InChI is InChI=1S/C28H37F2N2/c1-18-5-7-20(8-6-18)22-11-12-24(27(30)26(22)29)23-10-9-21(17-25(23)32(4)31)19-13-15-28(2,3)16-14-19/h9-12,17-20H,2,5-8,13-16,31H2,1,3-4H3/q+1. The number of hydrogen-bond acceptors (Lipinski definition) is 2. The van der Waals surface area contributed by atoms with Crippen LogP contribution in [0.1, 0.15) is 88.2 Å². The number of hydrogen-bond donors (Lipinski definition) is 1. The van der Waals surface area contributed by atoms with Crippen LogP contribution in [-0.2, 0) is 0 Å². The van der Waals surface area contributed by atoms with E-state index in [9.17, 15) is 0 Å². The Balaban J connectivity index is 1.65. The molecule has 0 unspecified atom stereocenters. The molecule has 2 nitrogen and oxygen atoms in total. The largest absolute Gasteiger partial charge is 0.313 e. The van der Waals surface area contributed by atoms with Crippen LogP contribution in [0, 0.1) is 29.9 Å². The predicted molar refractivity (Wildman–Crippen MR) is 129 cm³/mol. The molecule has 4 rings (SSSR count). The van der Waals surface area contributed by atoms with Gasteiger partial charge in [0.1, 0.15) is 5.41 Å². The minimum atomic E-state index is -0.762. The Labute approximate surface area is 192 Å². The topological polar surface area (TPSA) is 29.3 Å². The Kier molecular flexibility index (Phi) is 6.53. The normalized spacial score (nSPS) is 28.5. The SMILES string of the molecule is [CH2+]C1(C)CCC(c2ccc(-c3ccc(C4CCC(C)CC4)c(F)c3F)c(N(C)N)c2)CC1. The summed E-state index contributed by atoms with van der Waals surface area (Å²) < 4.78 is 30.5. The van der Waals surface area contributed by atoms with Crippen LogP contribution in [0.5, 0.6) is 0 Å². The van der Waals surface area contributed by atoms with Gasteiger partial charge in [0.2, 0.25) is 0 Å². The maximum absolute atomic E-state index is 15.3. The molecule has 2 fully saturated rings. The van der Waals surface area contributed by atoms with E-state index in [0.29, 0.717) is 23.0 Å². The number of nitrogens with two attached hydrogens (primary N) is 1. The molecule has 0 spiro atoms. The number of halogens is 2. The third-order valence-electron chi connectivity index (χ3n) is 7.92. The first-order chi connectivity index (χ1) is 15.2. The Morgan fingerprint density at radius 2 is 1.53 bits per heavy atom. The van der Waals surface area contributed by atoms with Crippen LogP contribution < -0.4 is 10.9 Å². The molecule has 0 heterocycles. The van der Waals surface area contributed by atoms with Crippen molar-refractivity contribution in [1.82, 2.24) is 0 Å². The average Bonchev–Trinajstić information content (AvgIpc) is 2.76. The lowest BCUT2D eigenvalue weighted by Gasteiger charge is -2.30. The van der Waals surface area contributed by atoms with E-state index in [2.05, 4.69) is 32.9 Å². The van der Waals surface area contributed by atoms with Gasteiger partial charge in [0.05, 0.1) is 12.6 Å². The van der Waals surface area contributed by atoms with Crippen molar-refractivity contribution in [3.8, 4) is 11.1 Å². The van der Waals surface area contributed by atoms with Gasteiger partial charge < -0.3 is 5.01 Å². The van der Waals surface area contributed by atoms with Crippen LogP contribution in [0.25, 0.3) is 11.1 Å². The predicted octanol–water partition coefficient (Wildman–Crippen LogP) is 7.73. The van der Waals surface area contributed by atoms with Crippen molar-refractivity contribution >= 4 is 5.69 Å². The first-order valence-electron chi connectivity index (χ1n) is 12.1. The smallest absolute Gasteiger partial charge is 0.167 e. The molecular formula is C28H37F2N2+. The monoisotopic (exact) mass is 439 g/mol. The quantitative estimate of drug-likeness (QED) is 0.300. The second-order valence-electron chi connectivity index (χ2n) is 10.8. The molecule has 2 aromatic rings. The van der Waals surface area contributed by atoms with Gasteiger partial charge in [-0.3, -0.25) is 0 Å². The molecule has 0 radical (unpaired) electrons. The molecular weight excluding hydrogens is 402 g/mol. The summed E-state index contributed by atoms with van der Waals surface area (Å²) in [6.45, 7) is 8.77. The molecule has 0 saturated heterocycles. The molecule has 172 valence electrons. The number of hydrazine groups is 1. The van der Waals surface area contributed by atoms with Crippen LogP contribution >= 0.6 is 0 Å². The van der Waals surface area contributed by atoms with Gasteiger partial charge in [0.25, 0.3) is 0 Å². The molecule has 2 aromatic carbocycles. The van der Waals surface area contributed by atoms with E-state index in [4.69, 9.17) is 5.84 Å². The molecule has 0 aliphatic heterocycles. The summed E-state index contributed by atoms with van der Waals surface area (Å²) >= 11 is 0. The Bertz CT molecular complexity index is 948. The molecule has 0 bridgehead atoms. The van der Waals surface area contributed by atoms with E-state index >= 15 is 8.78 Å². The first kappa shape index (κ1) is 23.1. The third-order valence-corrected chi connectivity index (χ3v) is 7.92. The summed E-state index contributed by atoms with van der Waals surface area (Å²) in [4.78, 5) is 0. The summed E-state index contributed by atoms with van der Waals surface area (Å²) in [6.07, 6.45) is 8.36. The van der Waals surface area contributed by atoms with Crippen LogP contribution in [0.15, 0.2) is 30.3 Å². The van der Waals surface area contributed by atoms with Gasteiger partial charge in [-0.05, 0) is 80.4 Å². The maximum atomic E-state index is 15.3. The van der Waals surface area contributed by atoms with Gasteiger partial charge in [-0.2, -0.15) is 0 Å². The van der Waals surface area contributed by atoms with Crippen LogP contribution in [-0.4, -0.2) is 7.05 Å². The highest BCUT2D eigenvalue weighted by atomic mass is 19.2. The van der Waals surface area contributed by atoms with Gasteiger partial charge >= 0.3 is 0 Å². The second kappa shape index (κ2) is 9.05. The zero-order valence-electron chi connectivity index (χ0n) is 19.8. The number of nitrogens with zero attached hydrogens (tertiary/aromatic N) is 1. The molecule has 2 aliphatic rings.